The van der Waals surface area contributed by atoms with Crippen molar-refractivity contribution in [1.82, 2.24) is 0 Å². The molecule has 0 aliphatic rings. The molecule has 0 aliphatic carbocycles. The Balaban J connectivity index is 3.52. The Hall–Kier alpha value is -0.570. The molecule has 3 heteroatoms. The molecule has 0 aliphatic heterocycles. The predicted molar refractivity (Wildman–Crippen MR) is 58.2 cm³/mol. The molecule has 0 amide bonds. The van der Waals surface area contributed by atoms with Crippen LogP contribution in [0.5, 0.6) is 0 Å². The van der Waals surface area contributed by atoms with Gasteiger partial charge < -0.3 is 10.8 Å². The number of unbranched alkanes of at least 4 members (excludes halogenated alkanes) is 1. The summed E-state index contributed by atoms with van der Waals surface area (Å²) >= 11 is 0. The Labute approximate surface area is 86.7 Å². The maximum atomic E-state index is 10.5. The minimum Gasteiger partial charge on any atom is -0.481 e. The molecule has 0 aromatic rings. The van der Waals surface area contributed by atoms with Crippen molar-refractivity contribution in [3.8, 4) is 0 Å². The minimum atomic E-state index is -0.698. The maximum absolute atomic E-state index is 10.5. The number of nitrogens with two attached hydrogens (primary N) is 1. The lowest BCUT2D eigenvalue weighted by molar-refractivity contribution is -0.141. The summed E-state index contributed by atoms with van der Waals surface area (Å²) in [5.74, 6) is -0.920. The molecule has 0 saturated heterocycles. The highest BCUT2D eigenvalue weighted by molar-refractivity contribution is 5.69. The summed E-state index contributed by atoms with van der Waals surface area (Å²) in [5.41, 5.74) is 5.90. The van der Waals surface area contributed by atoms with E-state index in [0.29, 0.717) is 0 Å². The second-order valence-corrected chi connectivity index (χ2v) is 4.49. The summed E-state index contributed by atoms with van der Waals surface area (Å²) in [5, 5.41) is 8.66. The van der Waals surface area contributed by atoms with E-state index in [1.807, 2.05) is 6.92 Å². The Morgan fingerprint density at radius 1 is 1.50 bits per heavy atom. The van der Waals surface area contributed by atoms with Crippen molar-refractivity contribution in [3.63, 3.8) is 0 Å². The van der Waals surface area contributed by atoms with Crippen LogP contribution in [0.4, 0.5) is 0 Å². The van der Waals surface area contributed by atoms with Gasteiger partial charge >= 0.3 is 5.97 Å². The number of carboxylic acid groups (broad SMARTS) is 1. The first kappa shape index (κ1) is 13.4. The van der Waals surface area contributed by atoms with E-state index >= 15 is 0 Å². The molecule has 2 unspecified atom stereocenters. The molecule has 0 heterocycles. The lowest BCUT2D eigenvalue weighted by atomic mass is 9.92. The van der Waals surface area contributed by atoms with Crippen molar-refractivity contribution in [2.75, 3.05) is 0 Å². The van der Waals surface area contributed by atoms with E-state index in [4.69, 9.17) is 10.8 Å². The number of aliphatic carboxylic acids is 1. The van der Waals surface area contributed by atoms with Crippen LogP contribution >= 0.6 is 0 Å². The van der Waals surface area contributed by atoms with Gasteiger partial charge in [-0.3, -0.25) is 4.79 Å². The van der Waals surface area contributed by atoms with Gasteiger partial charge in [0.15, 0.2) is 0 Å². The predicted octanol–water partition coefficient (Wildman–Crippen LogP) is 2.39. The Bertz CT molecular complexity index is 178. The number of carbonyl (C=O) groups is 1. The normalized spacial score (nSPS) is 17.4. The van der Waals surface area contributed by atoms with Crippen molar-refractivity contribution in [1.29, 1.82) is 0 Å². The zero-order valence-electron chi connectivity index (χ0n) is 9.55. The second-order valence-electron chi connectivity index (χ2n) is 4.49. The zero-order chi connectivity index (χ0) is 11.2. The fourth-order valence-corrected chi connectivity index (χ4v) is 1.28. The summed E-state index contributed by atoms with van der Waals surface area (Å²) in [4.78, 5) is 10.5. The molecule has 0 bridgehead atoms. The van der Waals surface area contributed by atoms with E-state index in [-0.39, 0.29) is 11.5 Å². The first-order valence-electron chi connectivity index (χ1n) is 5.40. The van der Waals surface area contributed by atoms with Crippen molar-refractivity contribution >= 4 is 5.97 Å². The van der Waals surface area contributed by atoms with Gasteiger partial charge in [0.1, 0.15) is 0 Å². The molecular formula is C11H23NO2. The average Bonchev–Trinajstić information content (AvgIpc) is 2.12. The van der Waals surface area contributed by atoms with Crippen LogP contribution in [-0.4, -0.2) is 16.6 Å². The van der Waals surface area contributed by atoms with Crippen LogP contribution in [0.15, 0.2) is 0 Å². The quantitative estimate of drug-likeness (QED) is 0.622. The zero-order valence-corrected chi connectivity index (χ0v) is 9.55. The summed E-state index contributed by atoms with van der Waals surface area (Å²) in [6, 6.07) is 0. The Kier molecular flexibility index (Phi) is 5.77. The van der Waals surface area contributed by atoms with Crippen molar-refractivity contribution in [2.24, 2.45) is 11.7 Å². The molecule has 0 fully saturated rings. The maximum Gasteiger partial charge on any atom is 0.306 e. The minimum absolute atomic E-state index is 0.0769. The van der Waals surface area contributed by atoms with Gasteiger partial charge in [0.05, 0.1) is 5.92 Å². The first-order valence-corrected chi connectivity index (χ1v) is 5.40. The summed E-state index contributed by atoms with van der Waals surface area (Å²) < 4.78 is 0. The van der Waals surface area contributed by atoms with Gasteiger partial charge in [-0.15, -0.1) is 0 Å². The van der Waals surface area contributed by atoms with Gasteiger partial charge in [0.25, 0.3) is 0 Å². The van der Waals surface area contributed by atoms with Gasteiger partial charge in [-0.2, -0.15) is 0 Å². The molecule has 0 aromatic carbocycles. The topological polar surface area (TPSA) is 63.3 Å². The van der Waals surface area contributed by atoms with E-state index in [1.165, 1.54) is 0 Å². The lowest BCUT2D eigenvalue weighted by Gasteiger charge is -2.22. The molecule has 0 radical (unpaired) electrons. The van der Waals surface area contributed by atoms with Crippen molar-refractivity contribution < 1.29 is 9.90 Å². The summed E-state index contributed by atoms with van der Waals surface area (Å²) in [6.45, 7) is 5.89. The van der Waals surface area contributed by atoms with Gasteiger partial charge in [0.2, 0.25) is 0 Å². The number of hydrogen-bond donors (Lipinski definition) is 2. The van der Waals surface area contributed by atoms with E-state index in [1.54, 1.807) is 6.92 Å². The van der Waals surface area contributed by atoms with Crippen LogP contribution in [0.3, 0.4) is 0 Å². The van der Waals surface area contributed by atoms with Gasteiger partial charge in [-0.1, -0.05) is 26.7 Å². The smallest absolute Gasteiger partial charge is 0.306 e. The Morgan fingerprint density at radius 3 is 2.50 bits per heavy atom. The highest BCUT2D eigenvalue weighted by atomic mass is 16.4. The molecule has 2 atom stereocenters. The highest BCUT2D eigenvalue weighted by Gasteiger charge is 2.15. The largest absolute Gasteiger partial charge is 0.481 e. The molecule has 0 spiro atoms. The molecular weight excluding hydrogens is 178 g/mol. The highest BCUT2D eigenvalue weighted by Crippen LogP contribution is 2.17. The number of hydrogen-bond acceptors (Lipinski definition) is 2. The number of rotatable bonds is 7. The third-order valence-corrected chi connectivity index (χ3v) is 2.86. The van der Waals surface area contributed by atoms with Crippen LogP contribution in [0.2, 0.25) is 0 Å². The molecule has 0 saturated carbocycles. The lowest BCUT2D eigenvalue weighted by Crippen LogP contribution is -2.34. The van der Waals surface area contributed by atoms with Crippen LogP contribution < -0.4 is 5.73 Å². The number of carboxylic acids is 1. The van der Waals surface area contributed by atoms with Gasteiger partial charge in [-0.05, 0) is 26.2 Å². The summed E-state index contributed by atoms with van der Waals surface area (Å²) in [7, 11) is 0. The molecule has 0 rings (SSSR count). The summed E-state index contributed by atoms with van der Waals surface area (Å²) in [6.07, 6.45) is 4.70. The van der Waals surface area contributed by atoms with Crippen LogP contribution in [-0.2, 0) is 4.79 Å². The molecule has 3 nitrogen and oxygen atoms in total. The average molecular weight is 201 g/mol. The van der Waals surface area contributed by atoms with E-state index in [9.17, 15) is 4.79 Å². The van der Waals surface area contributed by atoms with Crippen molar-refractivity contribution in [3.05, 3.63) is 0 Å². The van der Waals surface area contributed by atoms with Gasteiger partial charge in [0, 0.05) is 5.54 Å². The first-order chi connectivity index (χ1) is 6.39. The SMILES string of the molecule is CCC(C)(N)CCCCC(C)C(=O)O. The fraction of sp³-hybridized carbons (Fsp3) is 0.909. The fourth-order valence-electron chi connectivity index (χ4n) is 1.28. The molecule has 0 aromatic heterocycles. The van der Waals surface area contributed by atoms with Gasteiger partial charge in [-0.25, -0.2) is 0 Å². The molecule has 14 heavy (non-hydrogen) atoms. The van der Waals surface area contributed by atoms with Crippen molar-refractivity contribution in [2.45, 2.75) is 58.4 Å². The van der Waals surface area contributed by atoms with Crippen LogP contribution in [0.1, 0.15) is 52.9 Å². The Morgan fingerprint density at radius 2 is 2.07 bits per heavy atom. The molecule has 84 valence electrons. The third-order valence-electron chi connectivity index (χ3n) is 2.86. The third kappa shape index (κ3) is 5.97. The van der Waals surface area contributed by atoms with Crippen LogP contribution in [0, 0.1) is 5.92 Å². The second kappa shape index (κ2) is 6.02. The standard InChI is InChI=1S/C11H23NO2/c1-4-11(3,12)8-6-5-7-9(2)10(13)14/h9H,4-8,12H2,1-3H3,(H,13,14). The monoisotopic (exact) mass is 201 g/mol. The van der Waals surface area contributed by atoms with E-state index in [0.717, 1.165) is 32.1 Å². The van der Waals surface area contributed by atoms with Crippen LogP contribution in [0.25, 0.3) is 0 Å². The van der Waals surface area contributed by atoms with E-state index < -0.39 is 5.97 Å². The molecule has 3 N–H and O–H groups in total. The van der Waals surface area contributed by atoms with E-state index in [2.05, 4.69) is 6.92 Å².